The number of ether oxygens (including phenoxy) is 3. The Bertz CT molecular complexity index is 940. The fourth-order valence-corrected chi connectivity index (χ4v) is 3.26. The summed E-state index contributed by atoms with van der Waals surface area (Å²) in [5, 5.41) is 0. The SMILES string of the molecule is CCCOc1c(I)cc(/C=C2\N=C(c3cccc(F)c3)OC2=O)cc1OC. The van der Waals surface area contributed by atoms with Crippen molar-refractivity contribution in [2.24, 2.45) is 4.99 Å². The predicted molar refractivity (Wildman–Crippen MR) is 109 cm³/mol. The van der Waals surface area contributed by atoms with E-state index < -0.39 is 11.8 Å². The van der Waals surface area contributed by atoms with Crippen LogP contribution >= 0.6 is 22.6 Å². The van der Waals surface area contributed by atoms with Crippen LogP contribution in [-0.4, -0.2) is 25.6 Å². The lowest BCUT2D eigenvalue weighted by Crippen LogP contribution is -2.05. The van der Waals surface area contributed by atoms with Gasteiger partial charge in [0.05, 0.1) is 17.3 Å². The molecule has 0 saturated carbocycles. The molecule has 1 heterocycles. The summed E-state index contributed by atoms with van der Waals surface area (Å²) in [6.07, 6.45) is 2.48. The van der Waals surface area contributed by atoms with Crippen molar-refractivity contribution in [1.82, 2.24) is 0 Å². The average molecular weight is 481 g/mol. The molecule has 0 amide bonds. The molecule has 2 aromatic rings. The maximum Gasteiger partial charge on any atom is 0.363 e. The number of halogens is 2. The normalized spacial score (nSPS) is 14.9. The number of aliphatic imine (C=N–C) groups is 1. The zero-order chi connectivity index (χ0) is 19.4. The molecule has 1 aliphatic heterocycles. The quantitative estimate of drug-likeness (QED) is 0.345. The summed E-state index contributed by atoms with van der Waals surface area (Å²) in [6.45, 7) is 2.61. The van der Waals surface area contributed by atoms with E-state index in [-0.39, 0.29) is 11.6 Å². The number of nitrogens with zero attached hydrogens (tertiary/aromatic N) is 1. The first-order chi connectivity index (χ1) is 13.0. The molecule has 0 N–H and O–H groups in total. The van der Waals surface area contributed by atoms with Crippen LogP contribution < -0.4 is 9.47 Å². The van der Waals surface area contributed by atoms with Gasteiger partial charge in [0.25, 0.3) is 0 Å². The van der Waals surface area contributed by atoms with Crippen LogP contribution in [0, 0.1) is 9.39 Å². The Morgan fingerprint density at radius 1 is 1.30 bits per heavy atom. The Labute approximate surface area is 170 Å². The molecular weight excluding hydrogens is 464 g/mol. The van der Waals surface area contributed by atoms with Crippen molar-refractivity contribution in [2.75, 3.05) is 13.7 Å². The third-order valence-electron chi connectivity index (χ3n) is 3.70. The molecule has 0 aromatic heterocycles. The minimum absolute atomic E-state index is 0.0790. The lowest BCUT2D eigenvalue weighted by atomic mass is 10.1. The van der Waals surface area contributed by atoms with E-state index in [1.807, 2.05) is 13.0 Å². The second-order valence-corrected chi connectivity index (χ2v) is 6.89. The Morgan fingerprint density at radius 3 is 2.81 bits per heavy atom. The van der Waals surface area contributed by atoms with Crippen LogP contribution in [0.1, 0.15) is 24.5 Å². The third kappa shape index (κ3) is 4.47. The summed E-state index contributed by atoms with van der Waals surface area (Å²) in [6, 6.07) is 9.37. The Hall–Kier alpha value is -2.42. The molecule has 0 atom stereocenters. The molecule has 0 aliphatic carbocycles. The van der Waals surface area contributed by atoms with Crippen LogP contribution in [0.3, 0.4) is 0 Å². The van der Waals surface area contributed by atoms with E-state index >= 15 is 0 Å². The fourth-order valence-electron chi connectivity index (χ4n) is 2.48. The Morgan fingerprint density at radius 2 is 2.11 bits per heavy atom. The van der Waals surface area contributed by atoms with Crippen molar-refractivity contribution >= 4 is 40.5 Å². The van der Waals surface area contributed by atoms with Crippen molar-refractivity contribution < 1.29 is 23.4 Å². The predicted octanol–water partition coefficient (Wildman–Crippen LogP) is 4.57. The molecule has 0 radical (unpaired) electrons. The maximum absolute atomic E-state index is 13.4. The summed E-state index contributed by atoms with van der Waals surface area (Å²) < 4.78 is 30.5. The molecule has 0 saturated heterocycles. The number of carbonyl (C=O) groups is 1. The fraction of sp³-hybridized carbons (Fsp3) is 0.200. The van der Waals surface area contributed by atoms with E-state index in [0.717, 1.165) is 15.6 Å². The number of benzene rings is 2. The van der Waals surface area contributed by atoms with Crippen molar-refractivity contribution in [3.05, 3.63) is 62.6 Å². The first-order valence-electron chi connectivity index (χ1n) is 8.30. The maximum atomic E-state index is 13.4. The van der Waals surface area contributed by atoms with Gasteiger partial charge in [0.2, 0.25) is 5.90 Å². The minimum Gasteiger partial charge on any atom is -0.493 e. The number of rotatable bonds is 6. The van der Waals surface area contributed by atoms with Gasteiger partial charge in [-0.1, -0.05) is 13.0 Å². The zero-order valence-electron chi connectivity index (χ0n) is 14.8. The summed E-state index contributed by atoms with van der Waals surface area (Å²) in [7, 11) is 1.56. The number of carbonyl (C=O) groups excluding carboxylic acids is 1. The highest BCUT2D eigenvalue weighted by Gasteiger charge is 2.24. The van der Waals surface area contributed by atoms with E-state index in [1.165, 1.54) is 18.2 Å². The lowest BCUT2D eigenvalue weighted by molar-refractivity contribution is -0.129. The molecule has 0 fully saturated rings. The summed E-state index contributed by atoms with van der Waals surface area (Å²) in [5.74, 6) is 0.304. The number of hydrogen-bond acceptors (Lipinski definition) is 5. The Balaban J connectivity index is 1.94. The van der Waals surface area contributed by atoms with E-state index in [9.17, 15) is 9.18 Å². The van der Waals surface area contributed by atoms with Crippen LogP contribution in [0.15, 0.2) is 47.1 Å². The smallest absolute Gasteiger partial charge is 0.363 e. The topological polar surface area (TPSA) is 57.1 Å². The van der Waals surface area contributed by atoms with Gasteiger partial charge in [-0.25, -0.2) is 14.2 Å². The first-order valence-corrected chi connectivity index (χ1v) is 9.38. The van der Waals surface area contributed by atoms with Crippen LogP contribution in [0.4, 0.5) is 4.39 Å². The summed E-state index contributed by atoms with van der Waals surface area (Å²) >= 11 is 2.16. The molecule has 2 aromatic carbocycles. The second-order valence-electron chi connectivity index (χ2n) is 5.73. The van der Waals surface area contributed by atoms with Crippen molar-refractivity contribution in [3.63, 3.8) is 0 Å². The van der Waals surface area contributed by atoms with Gasteiger partial charge in [-0.3, -0.25) is 0 Å². The highest BCUT2D eigenvalue weighted by Crippen LogP contribution is 2.35. The van der Waals surface area contributed by atoms with E-state index in [2.05, 4.69) is 27.6 Å². The van der Waals surface area contributed by atoms with Gasteiger partial charge in [0.15, 0.2) is 17.2 Å². The van der Waals surface area contributed by atoms with E-state index in [4.69, 9.17) is 14.2 Å². The number of hydrogen-bond donors (Lipinski definition) is 0. The van der Waals surface area contributed by atoms with Gasteiger partial charge in [0, 0.05) is 5.56 Å². The Kier molecular flexibility index (Phi) is 6.10. The number of cyclic esters (lactones) is 1. The van der Waals surface area contributed by atoms with Gasteiger partial charge in [0.1, 0.15) is 5.82 Å². The second kappa shape index (κ2) is 8.51. The van der Waals surface area contributed by atoms with E-state index in [1.54, 1.807) is 25.3 Å². The molecular formula is C20H17FINO4. The van der Waals surface area contributed by atoms with Crippen molar-refractivity contribution in [1.29, 1.82) is 0 Å². The number of esters is 1. The third-order valence-corrected chi connectivity index (χ3v) is 4.50. The minimum atomic E-state index is -0.588. The van der Waals surface area contributed by atoms with Gasteiger partial charge >= 0.3 is 5.97 Å². The largest absolute Gasteiger partial charge is 0.493 e. The van der Waals surface area contributed by atoms with Crippen molar-refractivity contribution in [2.45, 2.75) is 13.3 Å². The molecule has 7 heteroatoms. The molecule has 3 rings (SSSR count). The van der Waals surface area contributed by atoms with E-state index in [0.29, 0.717) is 23.7 Å². The molecule has 0 bridgehead atoms. The van der Waals surface area contributed by atoms with Crippen LogP contribution in [0.5, 0.6) is 11.5 Å². The highest BCUT2D eigenvalue weighted by molar-refractivity contribution is 14.1. The van der Waals surface area contributed by atoms with Gasteiger partial charge in [-0.15, -0.1) is 0 Å². The van der Waals surface area contributed by atoms with Crippen LogP contribution in [0.2, 0.25) is 0 Å². The van der Waals surface area contributed by atoms with Gasteiger partial charge in [-0.2, -0.15) is 0 Å². The molecule has 27 heavy (non-hydrogen) atoms. The number of methoxy groups -OCH3 is 1. The molecule has 0 unspecified atom stereocenters. The monoisotopic (exact) mass is 481 g/mol. The van der Waals surface area contributed by atoms with Crippen LogP contribution in [-0.2, 0) is 9.53 Å². The lowest BCUT2D eigenvalue weighted by Gasteiger charge is -2.13. The molecule has 5 nitrogen and oxygen atoms in total. The van der Waals surface area contributed by atoms with Crippen molar-refractivity contribution in [3.8, 4) is 11.5 Å². The first kappa shape index (κ1) is 19.3. The molecule has 140 valence electrons. The standard InChI is InChI=1S/C20H17FINO4/c1-3-7-26-18-15(22)8-12(10-17(18)25-2)9-16-20(24)27-19(23-16)13-5-4-6-14(21)11-13/h4-6,8-11H,3,7H2,1-2H3/b16-9-. The van der Waals surface area contributed by atoms with Crippen LogP contribution in [0.25, 0.3) is 6.08 Å². The molecule has 0 spiro atoms. The van der Waals surface area contributed by atoms with Gasteiger partial charge < -0.3 is 14.2 Å². The zero-order valence-corrected chi connectivity index (χ0v) is 16.9. The highest BCUT2D eigenvalue weighted by atomic mass is 127. The molecule has 1 aliphatic rings. The summed E-state index contributed by atoms with van der Waals surface area (Å²) in [5.41, 5.74) is 1.26. The van der Waals surface area contributed by atoms with Gasteiger partial charge in [-0.05, 0) is 71.0 Å². The average Bonchev–Trinajstić information content (AvgIpc) is 3.01. The summed E-state index contributed by atoms with van der Waals surface area (Å²) in [4.78, 5) is 16.3.